The summed E-state index contributed by atoms with van der Waals surface area (Å²) in [5, 5.41) is 1.54. The average molecular weight is 308 g/mol. The maximum Gasteiger partial charge on any atom is 0.269 e. The quantitative estimate of drug-likeness (QED) is 0.534. The predicted molar refractivity (Wildman–Crippen MR) is 84.2 cm³/mol. The van der Waals surface area contributed by atoms with Crippen molar-refractivity contribution in [1.29, 1.82) is 0 Å². The first-order chi connectivity index (χ1) is 9.63. The molecule has 0 heterocycles. The van der Waals surface area contributed by atoms with Gasteiger partial charge in [0.25, 0.3) is 10.1 Å². The molecule has 2 rings (SSSR count). The van der Waals surface area contributed by atoms with E-state index in [-0.39, 0.29) is 5.56 Å². The van der Waals surface area contributed by atoms with Crippen LogP contribution in [-0.2, 0) is 15.9 Å². The molecule has 0 aliphatic heterocycles. The molecule has 21 heavy (non-hydrogen) atoms. The zero-order valence-corrected chi connectivity index (χ0v) is 13.0. The Hall–Kier alpha value is -1.76. The Morgan fingerprint density at radius 1 is 1.14 bits per heavy atom. The van der Waals surface area contributed by atoms with Gasteiger partial charge in [-0.05, 0) is 17.0 Å². The maximum absolute atomic E-state index is 11.4. The summed E-state index contributed by atoms with van der Waals surface area (Å²) in [6, 6.07) is 8.98. The van der Waals surface area contributed by atoms with Gasteiger partial charge in [0.15, 0.2) is 6.29 Å². The Morgan fingerprint density at radius 2 is 1.71 bits per heavy atom. The van der Waals surface area contributed by atoms with Gasteiger partial charge in [-0.25, -0.2) is 0 Å². The fourth-order valence-corrected chi connectivity index (χ4v) is 3.13. The molecule has 0 spiro atoms. The van der Waals surface area contributed by atoms with E-state index in [9.17, 15) is 13.2 Å². The van der Waals surface area contributed by atoms with Gasteiger partial charge < -0.3 is 0 Å². The summed E-state index contributed by atoms with van der Waals surface area (Å²) in [7, 11) is 1.70. The highest BCUT2D eigenvalue weighted by atomic mass is 32.2. The molecule has 0 fully saturated rings. The first-order valence-corrected chi connectivity index (χ1v) is 8.01. The molecule has 0 amide bonds. The van der Waals surface area contributed by atoms with Crippen molar-refractivity contribution in [3.8, 4) is 0 Å². The highest BCUT2D eigenvalue weighted by Crippen LogP contribution is 2.34. The van der Waals surface area contributed by atoms with Crippen LogP contribution in [0.4, 0.5) is 5.69 Å². The molecule has 0 aliphatic carbocycles. The highest BCUT2D eigenvalue weighted by Gasteiger charge is 2.22. The Morgan fingerprint density at radius 3 is 2.19 bits per heavy atom. The molecule has 0 bridgehead atoms. The van der Waals surface area contributed by atoms with Crippen molar-refractivity contribution < 1.29 is 17.8 Å². The molecule has 0 aromatic heterocycles. The molecule has 0 unspecified atom stereocenters. The highest BCUT2D eigenvalue weighted by molar-refractivity contribution is 7.85. The van der Waals surface area contributed by atoms with Crippen molar-refractivity contribution in [2.75, 3.05) is 21.1 Å². The molecular formula is C15H18NO4S+. The summed E-state index contributed by atoms with van der Waals surface area (Å²) in [4.78, 5) is 11.4. The van der Waals surface area contributed by atoms with E-state index >= 15 is 0 Å². The minimum Gasteiger partial charge on any atom is -0.298 e. The fraction of sp³-hybridized carbons (Fsp3) is 0.267. The van der Waals surface area contributed by atoms with E-state index in [1.54, 1.807) is 18.2 Å². The molecule has 0 atom stereocenters. The van der Waals surface area contributed by atoms with Crippen LogP contribution < -0.4 is 4.48 Å². The zero-order valence-electron chi connectivity index (χ0n) is 12.2. The van der Waals surface area contributed by atoms with Crippen molar-refractivity contribution >= 4 is 32.9 Å². The molecule has 0 aliphatic rings. The average Bonchev–Trinajstić information content (AvgIpc) is 2.36. The van der Waals surface area contributed by atoms with Crippen LogP contribution in [0.3, 0.4) is 0 Å². The molecule has 1 N–H and O–H groups in total. The third-order valence-corrected chi connectivity index (χ3v) is 4.00. The fourth-order valence-electron chi connectivity index (χ4n) is 2.44. The molecule has 0 saturated carbocycles. The van der Waals surface area contributed by atoms with Crippen LogP contribution in [0, 0.1) is 0 Å². The van der Waals surface area contributed by atoms with E-state index in [1.165, 1.54) is 0 Å². The van der Waals surface area contributed by atoms with Crippen molar-refractivity contribution in [3.63, 3.8) is 0 Å². The molecule has 0 radical (unpaired) electrons. The standard InChI is InChI=1S/C15H17NO4S/c1-16(2,3)15-8-11(9-17)14(10-21(18,19)20)12-6-4-5-7-13(12)15/h4-9H,10H2,1-3H3/p+1. The van der Waals surface area contributed by atoms with E-state index in [0.717, 1.165) is 11.1 Å². The lowest BCUT2D eigenvalue weighted by Crippen LogP contribution is -2.35. The second-order valence-corrected chi connectivity index (χ2v) is 7.32. The van der Waals surface area contributed by atoms with Gasteiger partial charge in [-0.15, -0.1) is 0 Å². The summed E-state index contributed by atoms with van der Waals surface area (Å²) in [6.45, 7) is 0. The largest absolute Gasteiger partial charge is 0.298 e. The normalized spacial score (nSPS) is 12.6. The second kappa shape index (κ2) is 5.22. The third kappa shape index (κ3) is 3.29. The van der Waals surface area contributed by atoms with Gasteiger partial charge in [0, 0.05) is 17.0 Å². The van der Waals surface area contributed by atoms with E-state index in [0.29, 0.717) is 21.7 Å². The number of quaternary nitrogens is 1. The second-order valence-electron chi connectivity index (χ2n) is 5.87. The molecule has 6 heteroatoms. The van der Waals surface area contributed by atoms with Gasteiger partial charge in [-0.3, -0.25) is 13.8 Å². The van der Waals surface area contributed by atoms with Crippen LogP contribution in [0.2, 0.25) is 0 Å². The topological polar surface area (TPSA) is 71.4 Å². The SMILES string of the molecule is C[N+](C)(C)c1cc(C=O)c(CS(=O)(=O)O)c2ccccc12. The monoisotopic (exact) mass is 308 g/mol. The van der Waals surface area contributed by atoms with Gasteiger partial charge in [0.05, 0.1) is 21.1 Å². The number of fused-ring (bicyclic) bond motifs is 1. The lowest BCUT2D eigenvalue weighted by atomic mass is 9.98. The lowest BCUT2D eigenvalue weighted by Gasteiger charge is -2.26. The maximum atomic E-state index is 11.4. The minimum atomic E-state index is -4.21. The van der Waals surface area contributed by atoms with Crippen LogP contribution in [0.5, 0.6) is 0 Å². The van der Waals surface area contributed by atoms with Gasteiger partial charge in [-0.1, -0.05) is 18.2 Å². The van der Waals surface area contributed by atoms with Crippen LogP contribution in [0.25, 0.3) is 10.8 Å². The summed E-state index contributed by atoms with van der Waals surface area (Å²) in [6.07, 6.45) is 0.631. The molecule has 0 saturated heterocycles. The summed E-state index contributed by atoms with van der Waals surface area (Å²) < 4.78 is 32.1. The van der Waals surface area contributed by atoms with Gasteiger partial charge in [-0.2, -0.15) is 8.42 Å². The number of hydrogen-bond acceptors (Lipinski definition) is 3. The Bertz CT molecular complexity index is 804. The van der Waals surface area contributed by atoms with Crippen LogP contribution in [-0.4, -0.2) is 40.4 Å². The minimum absolute atomic E-state index is 0.286. The first-order valence-electron chi connectivity index (χ1n) is 6.40. The first kappa shape index (κ1) is 15.6. The summed E-state index contributed by atoms with van der Waals surface area (Å²) in [5.74, 6) is -0.570. The van der Waals surface area contributed by atoms with Crippen LogP contribution in [0.1, 0.15) is 15.9 Å². The van der Waals surface area contributed by atoms with E-state index in [2.05, 4.69) is 0 Å². The molecule has 2 aromatic carbocycles. The smallest absolute Gasteiger partial charge is 0.269 e. The Labute approximate surface area is 124 Å². The van der Waals surface area contributed by atoms with Gasteiger partial charge in [0.2, 0.25) is 0 Å². The Balaban J connectivity index is 2.90. The molecule has 2 aromatic rings. The molecule has 5 nitrogen and oxygen atoms in total. The Kier molecular flexibility index (Phi) is 3.88. The molecule has 112 valence electrons. The van der Waals surface area contributed by atoms with Crippen molar-refractivity contribution in [2.45, 2.75) is 5.75 Å². The molecular weight excluding hydrogens is 290 g/mol. The van der Waals surface area contributed by atoms with Crippen molar-refractivity contribution in [2.24, 2.45) is 0 Å². The predicted octanol–water partition coefficient (Wildman–Crippen LogP) is 2.24. The zero-order chi connectivity index (χ0) is 15.8. The summed E-state index contributed by atoms with van der Waals surface area (Å²) in [5.41, 5.74) is 1.53. The number of hydrogen-bond donors (Lipinski definition) is 1. The number of carbonyl (C=O) groups excluding carboxylic acids is 1. The number of aldehydes is 1. The van der Waals surface area contributed by atoms with Gasteiger partial charge in [0.1, 0.15) is 11.4 Å². The number of carbonyl (C=O) groups is 1. The number of rotatable bonds is 4. The summed E-state index contributed by atoms with van der Waals surface area (Å²) >= 11 is 0. The van der Waals surface area contributed by atoms with E-state index < -0.39 is 15.9 Å². The lowest BCUT2D eigenvalue weighted by molar-refractivity contribution is 0.112. The van der Waals surface area contributed by atoms with Crippen LogP contribution in [0.15, 0.2) is 30.3 Å². The van der Waals surface area contributed by atoms with Crippen molar-refractivity contribution in [1.82, 2.24) is 4.48 Å². The van der Waals surface area contributed by atoms with E-state index in [4.69, 9.17) is 4.55 Å². The third-order valence-electron chi connectivity index (χ3n) is 3.35. The number of benzene rings is 2. The van der Waals surface area contributed by atoms with E-state index in [1.807, 2.05) is 33.3 Å². The van der Waals surface area contributed by atoms with Gasteiger partial charge >= 0.3 is 0 Å². The number of nitrogens with zero attached hydrogens (tertiary/aromatic N) is 1. The van der Waals surface area contributed by atoms with Crippen LogP contribution >= 0.6 is 0 Å². The van der Waals surface area contributed by atoms with Crippen molar-refractivity contribution in [3.05, 3.63) is 41.5 Å².